The molecule has 0 unspecified atom stereocenters. The second-order valence-electron chi connectivity index (χ2n) is 5.12. The van der Waals surface area contributed by atoms with E-state index in [9.17, 15) is 9.90 Å². The Bertz CT molecular complexity index is 490. The van der Waals surface area contributed by atoms with Gasteiger partial charge in [-0.3, -0.25) is 0 Å². The van der Waals surface area contributed by atoms with Crippen LogP contribution in [0.25, 0.3) is 0 Å². The molecule has 0 radical (unpaired) electrons. The van der Waals surface area contributed by atoms with Gasteiger partial charge in [-0.1, -0.05) is 35.2 Å². The average Bonchev–Trinajstić information content (AvgIpc) is 2.41. The average molecular weight is 365 g/mol. The van der Waals surface area contributed by atoms with Crippen LogP contribution in [-0.2, 0) is 0 Å². The second kappa shape index (κ2) is 7.29. The molecule has 0 saturated heterocycles. The van der Waals surface area contributed by atoms with Crippen LogP contribution in [0.4, 0.5) is 0 Å². The van der Waals surface area contributed by atoms with Crippen molar-refractivity contribution in [3.63, 3.8) is 0 Å². The summed E-state index contributed by atoms with van der Waals surface area (Å²) in [5, 5.41) is 19.2. The van der Waals surface area contributed by atoms with Gasteiger partial charge in [-0.25, -0.2) is 4.79 Å². The third-order valence-electron chi connectivity index (χ3n) is 3.85. The van der Waals surface area contributed by atoms with Crippen molar-refractivity contribution in [3.8, 4) is 5.75 Å². The highest BCUT2D eigenvalue weighted by atomic mass is 79.9. The summed E-state index contributed by atoms with van der Waals surface area (Å²) >= 11 is 3.28. The number of aromatic hydroxyl groups is 1. The molecule has 4 N–H and O–H groups in total. The maximum atomic E-state index is 11.1. The molecule has 1 atom stereocenters. The van der Waals surface area contributed by atoms with Crippen molar-refractivity contribution >= 4 is 34.3 Å². The highest BCUT2D eigenvalue weighted by Gasteiger charge is 2.26. The van der Waals surface area contributed by atoms with Gasteiger partial charge in [0.15, 0.2) is 0 Å². The van der Waals surface area contributed by atoms with Crippen LogP contribution in [-0.4, -0.2) is 16.2 Å². The van der Waals surface area contributed by atoms with Crippen LogP contribution in [0.3, 0.4) is 0 Å². The van der Waals surface area contributed by atoms with Crippen molar-refractivity contribution < 1.29 is 15.0 Å². The Hall–Kier alpha value is -0.780. The first kappa shape index (κ1) is 17.3. The van der Waals surface area contributed by atoms with Gasteiger partial charge in [-0.2, -0.15) is 0 Å². The molecule has 4 nitrogen and oxygen atoms in total. The summed E-state index contributed by atoms with van der Waals surface area (Å²) in [6.45, 7) is 0. The molecule has 1 aromatic carbocycles. The molecule has 0 bridgehead atoms. The number of hydrogen-bond donors (Lipinski definition) is 3. The van der Waals surface area contributed by atoms with Gasteiger partial charge >= 0.3 is 5.97 Å². The van der Waals surface area contributed by atoms with E-state index in [2.05, 4.69) is 15.9 Å². The van der Waals surface area contributed by atoms with Gasteiger partial charge in [-0.05, 0) is 30.9 Å². The van der Waals surface area contributed by atoms with Gasteiger partial charge in [0.2, 0.25) is 0 Å². The van der Waals surface area contributed by atoms with Crippen molar-refractivity contribution in [1.29, 1.82) is 0 Å². The number of carboxylic acid groups (broad SMARTS) is 1. The smallest absolute Gasteiger partial charge is 0.339 e. The maximum absolute atomic E-state index is 11.1. The minimum atomic E-state index is -1.14. The third-order valence-corrected chi connectivity index (χ3v) is 4.31. The van der Waals surface area contributed by atoms with Gasteiger partial charge in [0.1, 0.15) is 11.3 Å². The Morgan fingerprint density at radius 3 is 2.45 bits per heavy atom. The van der Waals surface area contributed by atoms with Gasteiger partial charge in [0, 0.05) is 16.1 Å². The second-order valence-corrected chi connectivity index (χ2v) is 6.04. The first-order chi connectivity index (χ1) is 9.00. The predicted molar refractivity (Wildman–Crippen MR) is 83.5 cm³/mol. The molecular formula is C14H19BrClNO3. The van der Waals surface area contributed by atoms with Crippen molar-refractivity contribution in [1.82, 2.24) is 0 Å². The number of carbonyl (C=O) groups is 1. The van der Waals surface area contributed by atoms with E-state index in [-0.39, 0.29) is 29.8 Å². The van der Waals surface area contributed by atoms with Crippen molar-refractivity contribution in [2.24, 2.45) is 11.7 Å². The molecule has 1 aliphatic carbocycles. The van der Waals surface area contributed by atoms with Crippen LogP contribution in [0.15, 0.2) is 16.6 Å². The minimum absolute atomic E-state index is 0. The lowest BCUT2D eigenvalue weighted by Crippen LogP contribution is -2.24. The highest BCUT2D eigenvalue weighted by molar-refractivity contribution is 9.10. The molecule has 0 amide bonds. The normalized spacial score (nSPS) is 17.3. The van der Waals surface area contributed by atoms with Crippen molar-refractivity contribution in [3.05, 3.63) is 27.7 Å². The van der Waals surface area contributed by atoms with Crippen molar-refractivity contribution in [2.75, 3.05) is 0 Å². The number of halogens is 2. The van der Waals surface area contributed by atoms with Gasteiger partial charge in [0.05, 0.1) is 0 Å². The Morgan fingerprint density at radius 1 is 1.30 bits per heavy atom. The van der Waals surface area contributed by atoms with Crippen LogP contribution < -0.4 is 5.73 Å². The van der Waals surface area contributed by atoms with E-state index in [0.717, 1.165) is 25.7 Å². The van der Waals surface area contributed by atoms with Crippen LogP contribution >= 0.6 is 28.3 Å². The molecule has 6 heteroatoms. The first-order valence-electron chi connectivity index (χ1n) is 6.52. The van der Waals surface area contributed by atoms with Crippen LogP contribution in [0.5, 0.6) is 5.75 Å². The summed E-state index contributed by atoms with van der Waals surface area (Å²) in [5.74, 6) is -1.03. The standard InChI is InChI=1S/C14H18BrNO3.ClH/c15-9-6-10(13(17)11(7-9)14(18)19)12(16)8-4-2-1-3-5-8;/h6-8,12,17H,1-5,16H2,(H,18,19);1H/t12-;/m1./s1. The van der Waals surface area contributed by atoms with Crippen molar-refractivity contribution in [2.45, 2.75) is 38.1 Å². The summed E-state index contributed by atoms with van der Waals surface area (Å²) in [7, 11) is 0. The first-order valence-corrected chi connectivity index (χ1v) is 7.31. The summed E-state index contributed by atoms with van der Waals surface area (Å²) < 4.78 is 0.629. The summed E-state index contributed by atoms with van der Waals surface area (Å²) in [6, 6.07) is 2.81. The fourth-order valence-corrected chi connectivity index (χ4v) is 3.26. The van der Waals surface area contributed by atoms with Gasteiger partial charge in [-0.15, -0.1) is 12.4 Å². The lowest BCUT2D eigenvalue weighted by atomic mass is 9.81. The van der Waals surface area contributed by atoms with Crippen LogP contribution in [0.2, 0.25) is 0 Å². The minimum Gasteiger partial charge on any atom is -0.507 e. The number of aromatic carboxylic acids is 1. The number of phenols is 1. The predicted octanol–water partition coefficient (Wildman–Crippen LogP) is 3.85. The number of hydrogen-bond acceptors (Lipinski definition) is 3. The monoisotopic (exact) mass is 363 g/mol. The number of rotatable bonds is 3. The summed E-state index contributed by atoms with van der Waals surface area (Å²) in [5.41, 5.74) is 6.66. The SMILES string of the molecule is Cl.N[C@@H](c1cc(Br)cc(C(=O)O)c1O)C1CCCCC1. The van der Waals surface area contributed by atoms with E-state index in [1.54, 1.807) is 6.07 Å². The molecule has 0 aromatic heterocycles. The molecule has 112 valence electrons. The maximum Gasteiger partial charge on any atom is 0.339 e. The zero-order valence-electron chi connectivity index (χ0n) is 11.0. The fraction of sp³-hybridized carbons (Fsp3) is 0.500. The summed E-state index contributed by atoms with van der Waals surface area (Å²) in [4.78, 5) is 11.1. The van der Waals surface area contributed by atoms with Crippen LogP contribution in [0.1, 0.15) is 54.1 Å². The van der Waals surface area contributed by atoms with Gasteiger partial charge < -0.3 is 15.9 Å². The fourth-order valence-electron chi connectivity index (χ4n) is 2.78. The lowest BCUT2D eigenvalue weighted by molar-refractivity contribution is 0.0693. The van der Waals surface area contributed by atoms with E-state index in [1.807, 2.05) is 0 Å². The molecule has 0 heterocycles. The third kappa shape index (κ3) is 3.65. The zero-order valence-corrected chi connectivity index (χ0v) is 13.4. The zero-order chi connectivity index (χ0) is 14.0. The summed E-state index contributed by atoms with van der Waals surface area (Å²) in [6.07, 6.45) is 5.61. The number of carboxylic acids is 1. The molecule has 2 rings (SSSR count). The molecule has 1 saturated carbocycles. The molecule has 1 aliphatic rings. The molecule has 1 aromatic rings. The quantitative estimate of drug-likeness (QED) is 0.760. The molecule has 1 fully saturated rings. The van der Waals surface area contributed by atoms with Gasteiger partial charge in [0.25, 0.3) is 0 Å². The Labute approximate surface area is 132 Å². The molecular weight excluding hydrogens is 346 g/mol. The Balaban J connectivity index is 0.00000200. The number of benzene rings is 1. The van der Waals surface area contributed by atoms with E-state index in [4.69, 9.17) is 10.8 Å². The van der Waals surface area contributed by atoms with E-state index >= 15 is 0 Å². The largest absolute Gasteiger partial charge is 0.507 e. The molecule has 0 aliphatic heterocycles. The molecule has 20 heavy (non-hydrogen) atoms. The van der Waals surface area contributed by atoms with Crippen LogP contribution in [0, 0.1) is 5.92 Å². The topological polar surface area (TPSA) is 83.6 Å². The van der Waals surface area contributed by atoms with E-state index < -0.39 is 5.97 Å². The lowest BCUT2D eigenvalue weighted by Gasteiger charge is -2.28. The Kier molecular flexibility index (Phi) is 6.30. The number of nitrogens with two attached hydrogens (primary N) is 1. The highest BCUT2D eigenvalue weighted by Crippen LogP contribution is 2.38. The Morgan fingerprint density at radius 2 is 1.90 bits per heavy atom. The van der Waals surface area contributed by atoms with E-state index in [1.165, 1.54) is 12.5 Å². The van der Waals surface area contributed by atoms with E-state index in [0.29, 0.717) is 16.0 Å². The molecule has 0 spiro atoms.